The number of nitrogens with zero attached hydrogens (tertiary/aromatic N) is 3. The summed E-state index contributed by atoms with van der Waals surface area (Å²) in [6, 6.07) is 1.56. The smallest absolute Gasteiger partial charge is 0.191 e. The van der Waals surface area contributed by atoms with Crippen LogP contribution in [0.15, 0.2) is 11.2 Å². The normalized spacial score (nSPS) is 17.2. The molecule has 0 aromatic carbocycles. The first-order valence-corrected chi connectivity index (χ1v) is 6.55. The molecule has 0 aliphatic carbocycles. The van der Waals surface area contributed by atoms with E-state index in [0.717, 1.165) is 38.6 Å². The molecule has 1 aromatic heterocycles. The van der Waals surface area contributed by atoms with Gasteiger partial charge in [0.25, 0.3) is 0 Å². The molecule has 1 aliphatic rings. The number of aromatic nitrogens is 2. The monoisotopic (exact) mass is 255 g/mol. The molecule has 7 heteroatoms. The number of hydrogen-bond acceptors (Lipinski definition) is 7. The molecule has 1 aromatic rings. The third kappa shape index (κ3) is 4.03. The summed E-state index contributed by atoms with van der Waals surface area (Å²) in [5.41, 5.74) is 11.2. The molecule has 0 saturated carbocycles. The Balaban J connectivity index is 1.77. The molecule has 0 amide bonds. The predicted molar refractivity (Wildman–Crippen MR) is 68.8 cm³/mol. The molecule has 2 rings (SSSR count). The molecule has 4 N–H and O–H groups in total. The van der Waals surface area contributed by atoms with Crippen molar-refractivity contribution in [2.45, 2.75) is 5.16 Å². The summed E-state index contributed by atoms with van der Waals surface area (Å²) in [4.78, 5) is 10.6. The van der Waals surface area contributed by atoms with E-state index >= 15 is 0 Å². The number of hydrogen-bond donors (Lipinski definition) is 2. The lowest BCUT2D eigenvalue weighted by atomic mass is 10.4. The molecule has 0 unspecified atom stereocenters. The van der Waals surface area contributed by atoms with E-state index in [2.05, 4.69) is 14.9 Å². The van der Waals surface area contributed by atoms with Crippen LogP contribution in [-0.2, 0) is 4.74 Å². The van der Waals surface area contributed by atoms with Crippen molar-refractivity contribution in [1.29, 1.82) is 0 Å². The zero-order valence-electron chi connectivity index (χ0n) is 9.63. The molecule has 0 spiro atoms. The van der Waals surface area contributed by atoms with Gasteiger partial charge in [-0.2, -0.15) is 0 Å². The highest BCUT2D eigenvalue weighted by molar-refractivity contribution is 7.99. The van der Waals surface area contributed by atoms with Crippen LogP contribution in [0.1, 0.15) is 0 Å². The van der Waals surface area contributed by atoms with Gasteiger partial charge in [-0.25, -0.2) is 9.97 Å². The Morgan fingerprint density at radius 2 is 1.88 bits per heavy atom. The van der Waals surface area contributed by atoms with Crippen LogP contribution in [0.2, 0.25) is 0 Å². The van der Waals surface area contributed by atoms with E-state index in [1.807, 2.05) is 0 Å². The minimum Gasteiger partial charge on any atom is -0.383 e. The second kappa shape index (κ2) is 6.04. The van der Waals surface area contributed by atoms with Crippen molar-refractivity contribution >= 4 is 23.4 Å². The summed E-state index contributed by atoms with van der Waals surface area (Å²) in [6.07, 6.45) is 0. The fourth-order valence-corrected chi connectivity index (χ4v) is 2.49. The SMILES string of the molecule is Nc1cc(N)nc(SCCN2CCOCC2)n1. The van der Waals surface area contributed by atoms with Crippen LogP contribution in [0.25, 0.3) is 0 Å². The lowest BCUT2D eigenvalue weighted by molar-refractivity contribution is 0.0410. The third-order valence-electron chi connectivity index (χ3n) is 2.49. The van der Waals surface area contributed by atoms with E-state index in [1.165, 1.54) is 0 Å². The minimum absolute atomic E-state index is 0.423. The van der Waals surface area contributed by atoms with Crippen molar-refractivity contribution in [2.24, 2.45) is 0 Å². The van der Waals surface area contributed by atoms with Gasteiger partial charge in [0, 0.05) is 31.5 Å². The average Bonchev–Trinajstić information content (AvgIpc) is 2.29. The summed E-state index contributed by atoms with van der Waals surface area (Å²) < 4.78 is 5.29. The van der Waals surface area contributed by atoms with Crippen molar-refractivity contribution in [3.05, 3.63) is 6.07 Å². The third-order valence-corrected chi connectivity index (χ3v) is 3.32. The Bertz CT molecular complexity index is 349. The first kappa shape index (κ1) is 12.4. The van der Waals surface area contributed by atoms with Crippen LogP contribution in [0.4, 0.5) is 11.6 Å². The Morgan fingerprint density at radius 3 is 2.53 bits per heavy atom. The van der Waals surface area contributed by atoms with Crippen LogP contribution in [0.3, 0.4) is 0 Å². The van der Waals surface area contributed by atoms with Crippen LogP contribution in [-0.4, -0.2) is 53.5 Å². The highest BCUT2D eigenvalue weighted by Crippen LogP contribution is 2.16. The summed E-state index contributed by atoms with van der Waals surface area (Å²) in [5.74, 6) is 1.78. The molecule has 1 fully saturated rings. The van der Waals surface area contributed by atoms with E-state index in [9.17, 15) is 0 Å². The molecular formula is C10H17N5OS. The molecule has 94 valence electrons. The number of nitrogen functional groups attached to an aromatic ring is 2. The fourth-order valence-electron chi connectivity index (χ4n) is 1.62. The molecule has 2 heterocycles. The van der Waals surface area contributed by atoms with E-state index < -0.39 is 0 Å². The van der Waals surface area contributed by atoms with Gasteiger partial charge < -0.3 is 16.2 Å². The van der Waals surface area contributed by atoms with Gasteiger partial charge in [-0.3, -0.25) is 4.90 Å². The lowest BCUT2D eigenvalue weighted by Gasteiger charge is -2.26. The molecule has 1 saturated heterocycles. The standard InChI is InChI=1S/C10H17N5OS/c11-8-7-9(12)14-10(13-8)17-6-3-15-1-4-16-5-2-15/h7H,1-6H2,(H4,11,12,13,14). The molecule has 1 aliphatic heterocycles. The Kier molecular flexibility index (Phi) is 4.41. The van der Waals surface area contributed by atoms with Gasteiger partial charge in [0.1, 0.15) is 11.6 Å². The van der Waals surface area contributed by atoms with Crippen LogP contribution >= 0.6 is 11.8 Å². The zero-order chi connectivity index (χ0) is 12.1. The quantitative estimate of drug-likeness (QED) is 0.581. The largest absolute Gasteiger partial charge is 0.383 e. The summed E-state index contributed by atoms with van der Waals surface area (Å²) in [7, 11) is 0. The first-order valence-electron chi connectivity index (χ1n) is 5.57. The highest BCUT2D eigenvalue weighted by Gasteiger charge is 2.10. The van der Waals surface area contributed by atoms with Crippen molar-refractivity contribution < 1.29 is 4.74 Å². The van der Waals surface area contributed by atoms with Crippen molar-refractivity contribution in [2.75, 3.05) is 50.1 Å². The number of anilines is 2. The van der Waals surface area contributed by atoms with Gasteiger partial charge >= 0.3 is 0 Å². The predicted octanol–water partition coefficient (Wildman–Crippen LogP) is 0.0653. The Labute approximate surface area is 105 Å². The number of ether oxygens (including phenoxy) is 1. The van der Waals surface area contributed by atoms with Crippen LogP contribution in [0, 0.1) is 0 Å². The zero-order valence-corrected chi connectivity index (χ0v) is 10.4. The fraction of sp³-hybridized carbons (Fsp3) is 0.600. The number of morpholine rings is 1. The maximum atomic E-state index is 5.60. The summed E-state index contributed by atoms with van der Waals surface area (Å²) in [6.45, 7) is 4.66. The van der Waals surface area contributed by atoms with Gasteiger partial charge in [0.05, 0.1) is 13.2 Å². The van der Waals surface area contributed by atoms with E-state index in [1.54, 1.807) is 17.8 Å². The summed E-state index contributed by atoms with van der Waals surface area (Å²) in [5, 5.41) is 0.649. The van der Waals surface area contributed by atoms with Gasteiger partial charge in [-0.05, 0) is 0 Å². The maximum Gasteiger partial charge on any atom is 0.191 e. The first-order chi connectivity index (χ1) is 8.24. The van der Waals surface area contributed by atoms with Crippen molar-refractivity contribution in [1.82, 2.24) is 14.9 Å². The molecule has 17 heavy (non-hydrogen) atoms. The average molecular weight is 255 g/mol. The van der Waals surface area contributed by atoms with E-state index in [0.29, 0.717) is 16.8 Å². The Hall–Kier alpha value is -1.05. The molecule has 0 radical (unpaired) electrons. The van der Waals surface area contributed by atoms with Crippen molar-refractivity contribution in [3.63, 3.8) is 0 Å². The summed E-state index contributed by atoms with van der Waals surface area (Å²) >= 11 is 1.58. The van der Waals surface area contributed by atoms with Gasteiger partial charge in [-0.15, -0.1) is 0 Å². The number of thioether (sulfide) groups is 1. The second-order valence-electron chi connectivity index (χ2n) is 3.80. The second-order valence-corrected chi connectivity index (χ2v) is 4.86. The van der Waals surface area contributed by atoms with E-state index in [-0.39, 0.29) is 0 Å². The molecule has 6 nitrogen and oxygen atoms in total. The number of nitrogens with two attached hydrogens (primary N) is 2. The van der Waals surface area contributed by atoms with Crippen molar-refractivity contribution in [3.8, 4) is 0 Å². The molecular weight excluding hydrogens is 238 g/mol. The molecule has 0 bridgehead atoms. The van der Waals surface area contributed by atoms with Crippen LogP contribution in [0.5, 0.6) is 0 Å². The number of rotatable bonds is 4. The van der Waals surface area contributed by atoms with Crippen LogP contribution < -0.4 is 11.5 Å². The van der Waals surface area contributed by atoms with Gasteiger partial charge in [0.15, 0.2) is 5.16 Å². The lowest BCUT2D eigenvalue weighted by Crippen LogP contribution is -2.37. The maximum absolute atomic E-state index is 5.60. The Morgan fingerprint density at radius 1 is 1.24 bits per heavy atom. The molecule has 0 atom stereocenters. The van der Waals surface area contributed by atoms with Gasteiger partial charge in [-0.1, -0.05) is 11.8 Å². The van der Waals surface area contributed by atoms with Gasteiger partial charge in [0.2, 0.25) is 0 Å². The highest BCUT2D eigenvalue weighted by atomic mass is 32.2. The minimum atomic E-state index is 0.423. The van der Waals surface area contributed by atoms with E-state index in [4.69, 9.17) is 16.2 Å². The topological polar surface area (TPSA) is 90.3 Å².